The Kier molecular flexibility index (Phi) is 4.19. The number of fused-ring (bicyclic) bond motifs is 1. The highest BCUT2D eigenvalue weighted by Gasteiger charge is 2.48. The van der Waals surface area contributed by atoms with Gasteiger partial charge in [0.15, 0.2) is 0 Å². The van der Waals surface area contributed by atoms with Crippen molar-refractivity contribution in [3.63, 3.8) is 0 Å². The SMILES string of the molecule is O=C1Nc2ccccc2CC1c1cccc(OS(=O)(=O)C(F)(F)F)c1. The smallest absolute Gasteiger partial charge is 0.376 e. The molecular weight excluding hydrogens is 359 g/mol. The van der Waals surface area contributed by atoms with Crippen LogP contribution in [0.2, 0.25) is 0 Å². The molecule has 2 aromatic rings. The second-order valence-corrected chi connectivity index (χ2v) is 7.00. The van der Waals surface area contributed by atoms with Crippen LogP contribution in [0.3, 0.4) is 0 Å². The topological polar surface area (TPSA) is 72.5 Å². The number of hydrogen-bond donors (Lipinski definition) is 1. The molecule has 1 heterocycles. The van der Waals surface area contributed by atoms with Crippen LogP contribution in [-0.4, -0.2) is 19.8 Å². The van der Waals surface area contributed by atoms with Gasteiger partial charge in [0.05, 0.1) is 5.92 Å². The van der Waals surface area contributed by atoms with Crippen LogP contribution in [-0.2, 0) is 21.3 Å². The summed E-state index contributed by atoms with van der Waals surface area (Å²) >= 11 is 0. The molecule has 1 unspecified atom stereocenters. The predicted octanol–water partition coefficient (Wildman–Crippen LogP) is 3.19. The summed E-state index contributed by atoms with van der Waals surface area (Å²) in [6.07, 6.45) is 0.345. The molecule has 0 aromatic heterocycles. The number of alkyl halides is 3. The summed E-state index contributed by atoms with van der Waals surface area (Å²) in [5.74, 6) is -1.48. The third kappa shape index (κ3) is 3.46. The van der Waals surface area contributed by atoms with Crippen LogP contribution in [0.15, 0.2) is 48.5 Å². The molecule has 0 bridgehead atoms. The molecule has 9 heteroatoms. The van der Waals surface area contributed by atoms with Gasteiger partial charge >= 0.3 is 15.6 Å². The molecule has 132 valence electrons. The van der Waals surface area contributed by atoms with Crippen molar-refractivity contribution in [3.8, 4) is 5.75 Å². The molecule has 1 atom stereocenters. The fraction of sp³-hybridized carbons (Fsp3) is 0.188. The summed E-state index contributed by atoms with van der Waals surface area (Å²) < 4.78 is 63.6. The van der Waals surface area contributed by atoms with E-state index in [9.17, 15) is 26.4 Å². The van der Waals surface area contributed by atoms with Crippen LogP contribution in [0.1, 0.15) is 17.0 Å². The molecule has 0 radical (unpaired) electrons. The third-order valence-electron chi connectivity index (χ3n) is 3.77. The first-order valence-electron chi connectivity index (χ1n) is 7.17. The molecule has 3 rings (SSSR count). The minimum absolute atomic E-state index is 0.325. The van der Waals surface area contributed by atoms with Gasteiger partial charge in [-0.15, -0.1) is 0 Å². The number of carbonyl (C=O) groups excluding carboxylic acids is 1. The van der Waals surface area contributed by atoms with E-state index >= 15 is 0 Å². The highest BCUT2D eigenvalue weighted by atomic mass is 32.2. The molecule has 5 nitrogen and oxygen atoms in total. The van der Waals surface area contributed by atoms with Crippen molar-refractivity contribution in [2.24, 2.45) is 0 Å². The van der Waals surface area contributed by atoms with Crippen LogP contribution in [0.4, 0.5) is 18.9 Å². The lowest BCUT2D eigenvalue weighted by Gasteiger charge is -2.25. The molecule has 1 aliphatic rings. The third-order valence-corrected chi connectivity index (χ3v) is 4.74. The molecule has 2 aromatic carbocycles. The molecule has 0 saturated carbocycles. The van der Waals surface area contributed by atoms with Gasteiger partial charge in [-0.25, -0.2) is 0 Å². The minimum Gasteiger partial charge on any atom is -0.376 e. The zero-order chi connectivity index (χ0) is 18.2. The van der Waals surface area contributed by atoms with E-state index in [2.05, 4.69) is 9.50 Å². The number of nitrogens with one attached hydrogen (secondary N) is 1. The molecule has 0 spiro atoms. The van der Waals surface area contributed by atoms with Crippen molar-refractivity contribution in [1.29, 1.82) is 0 Å². The normalized spacial score (nSPS) is 17.6. The molecular formula is C16H12F3NO4S. The molecule has 0 saturated heterocycles. The van der Waals surface area contributed by atoms with Crippen molar-refractivity contribution in [2.45, 2.75) is 17.8 Å². The van der Waals surface area contributed by atoms with Crippen LogP contribution in [0, 0.1) is 0 Å². The van der Waals surface area contributed by atoms with E-state index in [1.54, 1.807) is 12.1 Å². The van der Waals surface area contributed by atoms with Gasteiger partial charge in [0.25, 0.3) is 0 Å². The maximum atomic E-state index is 12.4. The second kappa shape index (κ2) is 6.07. The Morgan fingerprint density at radius 1 is 1.08 bits per heavy atom. The zero-order valence-corrected chi connectivity index (χ0v) is 13.4. The van der Waals surface area contributed by atoms with Crippen molar-refractivity contribution < 1.29 is 30.6 Å². The fourth-order valence-electron chi connectivity index (χ4n) is 2.58. The Morgan fingerprint density at radius 2 is 1.80 bits per heavy atom. The maximum absolute atomic E-state index is 12.4. The zero-order valence-electron chi connectivity index (χ0n) is 12.6. The lowest BCUT2D eigenvalue weighted by atomic mass is 9.87. The Labute approximate surface area is 141 Å². The van der Waals surface area contributed by atoms with E-state index in [-0.39, 0.29) is 5.91 Å². The van der Waals surface area contributed by atoms with Crippen LogP contribution in [0.5, 0.6) is 5.75 Å². The number of amides is 1. The van der Waals surface area contributed by atoms with Gasteiger partial charge in [0.1, 0.15) is 5.75 Å². The number of benzene rings is 2. The minimum atomic E-state index is -5.76. The van der Waals surface area contributed by atoms with Gasteiger partial charge < -0.3 is 9.50 Å². The van der Waals surface area contributed by atoms with Gasteiger partial charge in [-0.1, -0.05) is 30.3 Å². The van der Waals surface area contributed by atoms with E-state index in [4.69, 9.17) is 0 Å². The Morgan fingerprint density at radius 3 is 2.52 bits per heavy atom. The lowest BCUT2D eigenvalue weighted by Crippen LogP contribution is -2.29. The standard InChI is InChI=1S/C16H12F3NO4S/c17-16(18,19)25(22,23)24-12-6-3-5-10(8-12)13-9-11-4-1-2-7-14(11)20-15(13)21/h1-8,13H,9H2,(H,20,21). The fourth-order valence-corrected chi connectivity index (χ4v) is 3.03. The first-order chi connectivity index (χ1) is 11.7. The molecule has 0 aliphatic carbocycles. The summed E-state index contributed by atoms with van der Waals surface area (Å²) in [6, 6.07) is 12.2. The van der Waals surface area contributed by atoms with Gasteiger partial charge in [-0.3, -0.25) is 4.79 Å². The monoisotopic (exact) mass is 371 g/mol. The van der Waals surface area contributed by atoms with Crippen molar-refractivity contribution in [1.82, 2.24) is 0 Å². The van der Waals surface area contributed by atoms with Crippen molar-refractivity contribution in [2.75, 3.05) is 5.32 Å². The Bertz CT molecular complexity index is 925. The number of rotatable bonds is 3. The largest absolute Gasteiger partial charge is 0.534 e. The van der Waals surface area contributed by atoms with Gasteiger partial charge in [0.2, 0.25) is 5.91 Å². The summed E-state index contributed by atoms with van der Waals surface area (Å²) in [7, 11) is -5.76. The van der Waals surface area contributed by atoms with E-state index < -0.39 is 27.3 Å². The van der Waals surface area contributed by atoms with Gasteiger partial charge in [-0.2, -0.15) is 21.6 Å². The molecule has 0 fully saturated rings. The first-order valence-corrected chi connectivity index (χ1v) is 8.58. The molecule has 1 aliphatic heterocycles. The average molecular weight is 371 g/mol. The van der Waals surface area contributed by atoms with Crippen LogP contribution in [0.25, 0.3) is 0 Å². The van der Waals surface area contributed by atoms with Crippen molar-refractivity contribution in [3.05, 3.63) is 59.7 Å². The number of carbonyl (C=O) groups is 1. The maximum Gasteiger partial charge on any atom is 0.534 e. The first kappa shape index (κ1) is 17.3. The lowest BCUT2D eigenvalue weighted by molar-refractivity contribution is -0.117. The quantitative estimate of drug-likeness (QED) is 0.664. The second-order valence-electron chi connectivity index (χ2n) is 5.46. The number of hydrogen-bond acceptors (Lipinski definition) is 4. The molecule has 25 heavy (non-hydrogen) atoms. The summed E-state index contributed by atoms with van der Waals surface area (Å²) in [5, 5.41) is 2.72. The average Bonchev–Trinajstić information content (AvgIpc) is 2.53. The Hall–Kier alpha value is -2.55. The number of halogens is 3. The number of anilines is 1. The van der Waals surface area contributed by atoms with E-state index in [1.807, 2.05) is 12.1 Å². The van der Waals surface area contributed by atoms with Crippen molar-refractivity contribution >= 4 is 21.7 Å². The number of para-hydroxylation sites is 1. The molecule has 1 amide bonds. The predicted molar refractivity (Wildman–Crippen MR) is 83.6 cm³/mol. The van der Waals surface area contributed by atoms with Gasteiger partial charge in [0, 0.05) is 5.69 Å². The van der Waals surface area contributed by atoms with E-state index in [0.717, 1.165) is 17.7 Å². The van der Waals surface area contributed by atoms with E-state index in [0.29, 0.717) is 17.7 Å². The summed E-state index contributed by atoms with van der Waals surface area (Å²) in [5.41, 5.74) is -3.61. The summed E-state index contributed by atoms with van der Waals surface area (Å²) in [4.78, 5) is 12.3. The molecule has 1 N–H and O–H groups in total. The van der Waals surface area contributed by atoms with E-state index in [1.165, 1.54) is 12.1 Å². The van der Waals surface area contributed by atoms with Gasteiger partial charge in [-0.05, 0) is 35.7 Å². The van der Waals surface area contributed by atoms with Crippen LogP contribution < -0.4 is 9.50 Å². The Balaban J connectivity index is 1.89. The summed E-state index contributed by atoms with van der Waals surface area (Å²) in [6.45, 7) is 0. The highest BCUT2D eigenvalue weighted by Crippen LogP contribution is 2.33. The highest BCUT2D eigenvalue weighted by molar-refractivity contribution is 7.88. The van der Waals surface area contributed by atoms with Crippen LogP contribution >= 0.6 is 0 Å².